The van der Waals surface area contributed by atoms with Gasteiger partial charge in [0.2, 0.25) is 0 Å². The fraction of sp³-hybridized carbons (Fsp3) is 0.920. The van der Waals surface area contributed by atoms with E-state index in [0.29, 0.717) is 12.2 Å². The van der Waals surface area contributed by atoms with E-state index in [-0.39, 0.29) is 0 Å². The molecule has 0 aromatic rings. The molecule has 1 unspecified atom stereocenters. The molecule has 0 spiro atoms. The predicted molar refractivity (Wildman–Crippen MR) is 122 cm³/mol. The SMILES string of the molecule is CCCCCCCCCCCCCCCC1N(CCCC)C=CN1C(C)C. The van der Waals surface area contributed by atoms with Gasteiger partial charge >= 0.3 is 0 Å². The molecule has 0 aliphatic carbocycles. The molecule has 0 N–H and O–H groups in total. The molecule has 1 heterocycles. The molecule has 0 aromatic heterocycles. The predicted octanol–water partition coefficient (Wildman–Crippen LogP) is 8.09. The topological polar surface area (TPSA) is 6.48 Å². The van der Waals surface area contributed by atoms with E-state index in [1.165, 1.54) is 109 Å². The van der Waals surface area contributed by atoms with Gasteiger partial charge in [0, 0.05) is 25.0 Å². The first-order valence-electron chi connectivity index (χ1n) is 12.4. The minimum Gasteiger partial charge on any atom is -0.356 e. The third-order valence-corrected chi connectivity index (χ3v) is 6.09. The number of hydrogen-bond donors (Lipinski definition) is 0. The summed E-state index contributed by atoms with van der Waals surface area (Å²) in [6.07, 6.45) is 27.9. The van der Waals surface area contributed by atoms with Crippen molar-refractivity contribution in [1.82, 2.24) is 9.80 Å². The van der Waals surface area contributed by atoms with Gasteiger partial charge in [0.05, 0.1) is 0 Å². The molecule has 0 radical (unpaired) electrons. The van der Waals surface area contributed by atoms with Crippen molar-refractivity contribution in [2.75, 3.05) is 6.54 Å². The average Bonchev–Trinajstić information content (AvgIpc) is 3.06. The zero-order valence-electron chi connectivity index (χ0n) is 19.2. The van der Waals surface area contributed by atoms with Crippen molar-refractivity contribution in [2.45, 2.75) is 143 Å². The highest BCUT2D eigenvalue weighted by Gasteiger charge is 2.26. The maximum absolute atomic E-state index is 2.59. The third-order valence-electron chi connectivity index (χ3n) is 6.09. The van der Waals surface area contributed by atoms with Crippen LogP contribution in [0.2, 0.25) is 0 Å². The van der Waals surface area contributed by atoms with E-state index in [1.807, 2.05) is 0 Å². The van der Waals surface area contributed by atoms with E-state index >= 15 is 0 Å². The van der Waals surface area contributed by atoms with Crippen LogP contribution in [0.4, 0.5) is 0 Å². The maximum atomic E-state index is 2.59. The Morgan fingerprint density at radius 1 is 0.630 bits per heavy atom. The molecular formula is C25H50N2. The van der Waals surface area contributed by atoms with E-state index in [2.05, 4.69) is 49.9 Å². The summed E-state index contributed by atoms with van der Waals surface area (Å²) >= 11 is 0. The van der Waals surface area contributed by atoms with Gasteiger partial charge in [0.25, 0.3) is 0 Å². The summed E-state index contributed by atoms with van der Waals surface area (Å²) in [7, 11) is 0. The molecule has 0 aromatic carbocycles. The molecule has 160 valence electrons. The van der Waals surface area contributed by atoms with Gasteiger partial charge in [0.15, 0.2) is 0 Å². The molecule has 2 heteroatoms. The molecule has 27 heavy (non-hydrogen) atoms. The first kappa shape index (κ1) is 24.4. The van der Waals surface area contributed by atoms with E-state index in [4.69, 9.17) is 0 Å². The summed E-state index contributed by atoms with van der Waals surface area (Å²) in [6.45, 7) is 10.5. The highest BCUT2D eigenvalue weighted by molar-refractivity contribution is 4.98. The molecule has 1 rings (SSSR count). The lowest BCUT2D eigenvalue weighted by Crippen LogP contribution is -2.42. The quantitative estimate of drug-likeness (QED) is 0.222. The fourth-order valence-corrected chi connectivity index (χ4v) is 4.27. The Morgan fingerprint density at radius 2 is 1.11 bits per heavy atom. The van der Waals surface area contributed by atoms with Crippen LogP contribution in [0.15, 0.2) is 12.4 Å². The lowest BCUT2D eigenvalue weighted by molar-refractivity contribution is 0.114. The maximum Gasteiger partial charge on any atom is 0.101 e. The van der Waals surface area contributed by atoms with Crippen LogP contribution in [-0.2, 0) is 0 Å². The Labute approximate surface area is 171 Å². The molecule has 1 aliphatic rings. The monoisotopic (exact) mass is 378 g/mol. The largest absolute Gasteiger partial charge is 0.356 e. The molecule has 0 saturated carbocycles. The molecule has 1 aliphatic heterocycles. The standard InChI is InChI=1S/C25H50N2/c1-5-7-9-10-11-12-13-14-15-16-17-18-19-20-25-26(21-8-6-2)22-23-27(25)24(3)4/h22-25H,5-21H2,1-4H3. The highest BCUT2D eigenvalue weighted by atomic mass is 15.4. The van der Waals surface area contributed by atoms with Crippen LogP contribution < -0.4 is 0 Å². The van der Waals surface area contributed by atoms with E-state index in [0.717, 1.165) is 0 Å². The Morgan fingerprint density at radius 3 is 1.59 bits per heavy atom. The summed E-state index contributed by atoms with van der Waals surface area (Å²) in [4.78, 5) is 5.15. The lowest BCUT2D eigenvalue weighted by Gasteiger charge is -2.35. The van der Waals surface area contributed by atoms with Gasteiger partial charge < -0.3 is 9.80 Å². The van der Waals surface area contributed by atoms with Crippen LogP contribution in [0.1, 0.15) is 130 Å². The number of rotatable bonds is 18. The zero-order chi connectivity index (χ0) is 19.7. The van der Waals surface area contributed by atoms with Gasteiger partial charge in [-0.25, -0.2) is 0 Å². The third kappa shape index (κ3) is 11.1. The Hall–Kier alpha value is -0.660. The van der Waals surface area contributed by atoms with Gasteiger partial charge in [-0.05, 0) is 33.1 Å². The zero-order valence-corrected chi connectivity index (χ0v) is 19.2. The minimum atomic E-state index is 0.611. The van der Waals surface area contributed by atoms with Gasteiger partial charge in [-0.3, -0.25) is 0 Å². The van der Waals surface area contributed by atoms with Crippen molar-refractivity contribution in [3.05, 3.63) is 12.4 Å². The van der Waals surface area contributed by atoms with Gasteiger partial charge in [-0.15, -0.1) is 0 Å². The molecule has 1 atom stereocenters. The summed E-state index contributed by atoms with van der Waals surface area (Å²) in [6, 6.07) is 0.611. The van der Waals surface area contributed by atoms with Crippen molar-refractivity contribution in [3.63, 3.8) is 0 Å². The molecular weight excluding hydrogens is 328 g/mol. The average molecular weight is 379 g/mol. The Kier molecular flexibility index (Phi) is 14.7. The molecule has 0 bridgehead atoms. The number of hydrogen-bond acceptors (Lipinski definition) is 2. The summed E-state index contributed by atoms with van der Waals surface area (Å²) in [5, 5.41) is 0. The second-order valence-electron chi connectivity index (χ2n) is 8.94. The lowest BCUT2D eigenvalue weighted by atomic mass is 10.0. The molecule has 0 saturated heterocycles. The van der Waals surface area contributed by atoms with Crippen molar-refractivity contribution < 1.29 is 0 Å². The second-order valence-corrected chi connectivity index (χ2v) is 8.94. The molecule has 2 nitrogen and oxygen atoms in total. The Balaban J connectivity index is 2.01. The first-order valence-corrected chi connectivity index (χ1v) is 12.4. The van der Waals surface area contributed by atoms with Crippen LogP contribution >= 0.6 is 0 Å². The minimum absolute atomic E-state index is 0.611. The molecule has 0 amide bonds. The number of unbranched alkanes of at least 4 members (excludes halogenated alkanes) is 13. The summed E-state index contributed by atoms with van der Waals surface area (Å²) in [5.74, 6) is 0. The van der Waals surface area contributed by atoms with Crippen molar-refractivity contribution in [1.29, 1.82) is 0 Å². The summed E-state index contributed by atoms with van der Waals surface area (Å²) in [5.41, 5.74) is 0. The van der Waals surface area contributed by atoms with E-state index in [9.17, 15) is 0 Å². The van der Waals surface area contributed by atoms with Crippen LogP contribution in [-0.4, -0.2) is 28.6 Å². The van der Waals surface area contributed by atoms with Gasteiger partial charge in [-0.2, -0.15) is 0 Å². The van der Waals surface area contributed by atoms with Crippen LogP contribution in [0, 0.1) is 0 Å². The second kappa shape index (κ2) is 16.3. The van der Waals surface area contributed by atoms with E-state index in [1.54, 1.807) is 0 Å². The smallest absolute Gasteiger partial charge is 0.101 e. The van der Waals surface area contributed by atoms with Crippen molar-refractivity contribution >= 4 is 0 Å². The number of nitrogens with zero attached hydrogens (tertiary/aromatic N) is 2. The van der Waals surface area contributed by atoms with Crippen molar-refractivity contribution in [2.24, 2.45) is 0 Å². The van der Waals surface area contributed by atoms with Gasteiger partial charge in [-0.1, -0.05) is 97.3 Å². The fourth-order valence-electron chi connectivity index (χ4n) is 4.27. The first-order chi connectivity index (χ1) is 13.2. The van der Waals surface area contributed by atoms with Gasteiger partial charge in [0.1, 0.15) is 6.17 Å². The normalized spacial score (nSPS) is 16.9. The van der Waals surface area contributed by atoms with Crippen molar-refractivity contribution in [3.8, 4) is 0 Å². The Bertz CT molecular complexity index is 350. The van der Waals surface area contributed by atoms with Crippen LogP contribution in [0.5, 0.6) is 0 Å². The molecule has 0 fully saturated rings. The van der Waals surface area contributed by atoms with E-state index < -0.39 is 0 Å². The summed E-state index contributed by atoms with van der Waals surface area (Å²) < 4.78 is 0. The van der Waals surface area contributed by atoms with Crippen LogP contribution in [0.3, 0.4) is 0 Å². The van der Waals surface area contributed by atoms with Crippen LogP contribution in [0.25, 0.3) is 0 Å². The highest BCUT2D eigenvalue weighted by Crippen LogP contribution is 2.24.